The molecule has 4 nitrogen and oxygen atoms in total. The van der Waals surface area contributed by atoms with E-state index in [2.05, 4.69) is 44.9 Å². The van der Waals surface area contributed by atoms with Crippen molar-refractivity contribution in [3.63, 3.8) is 0 Å². The number of nitrogens with zero attached hydrogens (tertiary/aromatic N) is 2. The topological polar surface area (TPSA) is 43.8 Å². The van der Waals surface area contributed by atoms with Crippen molar-refractivity contribution < 1.29 is 9.90 Å². The Morgan fingerprint density at radius 1 is 1.14 bits per heavy atom. The Balaban J connectivity index is 2.10. The zero-order valence-corrected chi connectivity index (χ0v) is 13.2. The monoisotopic (exact) mass is 346 g/mol. The molecular weight excluding hydrogens is 332 g/mol. The van der Waals surface area contributed by atoms with Gasteiger partial charge in [-0.25, -0.2) is 4.79 Å². The number of hydrogen-bond donors (Lipinski definition) is 1. The van der Waals surface area contributed by atoms with Crippen molar-refractivity contribution >= 4 is 39.0 Å². The van der Waals surface area contributed by atoms with Gasteiger partial charge in [0.1, 0.15) is 0 Å². The van der Waals surface area contributed by atoms with Crippen LogP contribution in [0.25, 0.3) is 0 Å². The number of aromatic carboxylic acids is 1. The molecule has 0 unspecified atom stereocenters. The van der Waals surface area contributed by atoms with Crippen LogP contribution in [0.5, 0.6) is 0 Å². The maximum atomic E-state index is 11.2. The molecule has 21 heavy (non-hydrogen) atoms. The smallest absolute Gasteiger partial charge is 0.335 e. The van der Waals surface area contributed by atoms with Crippen molar-refractivity contribution in [3.8, 4) is 0 Å². The minimum absolute atomic E-state index is 0.288. The van der Waals surface area contributed by atoms with Crippen molar-refractivity contribution in [1.82, 2.24) is 0 Å². The second-order valence-corrected chi connectivity index (χ2v) is 5.98. The second-order valence-electron chi connectivity index (χ2n) is 5.07. The lowest BCUT2D eigenvalue weighted by Crippen LogP contribution is -2.36. The third-order valence-electron chi connectivity index (χ3n) is 3.68. The highest BCUT2D eigenvalue weighted by molar-refractivity contribution is 9.10. The molecule has 1 aliphatic rings. The first-order valence-corrected chi connectivity index (χ1v) is 7.47. The molecule has 1 N–H and O–H groups in total. The van der Waals surface area contributed by atoms with E-state index in [1.165, 1.54) is 0 Å². The number of para-hydroxylation sites is 2. The number of benzene rings is 2. The quantitative estimate of drug-likeness (QED) is 0.899. The van der Waals surface area contributed by atoms with E-state index < -0.39 is 5.97 Å². The van der Waals surface area contributed by atoms with E-state index in [0.29, 0.717) is 0 Å². The summed E-state index contributed by atoms with van der Waals surface area (Å²) < 4.78 is 0.772. The molecule has 0 amide bonds. The van der Waals surface area contributed by atoms with Gasteiger partial charge in [0.25, 0.3) is 0 Å². The van der Waals surface area contributed by atoms with Crippen LogP contribution < -0.4 is 9.80 Å². The van der Waals surface area contributed by atoms with Gasteiger partial charge in [0, 0.05) is 30.3 Å². The second kappa shape index (κ2) is 5.41. The van der Waals surface area contributed by atoms with Crippen LogP contribution in [0.2, 0.25) is 0 Å². The highest BCUT2D eigenvalue weighted by atomic mass is 79.9. The Morgan fingerprint density at radius 3 is 2.57 bits per heavy atom. The summed E-state index contributed by atoms with van der Waals surface area (Å²) in [5.41, 5.74) is 3.43. The fourth-order valence-electron chi connectivity index (χ4n) is 2.63. The minimum Gasteiger partial charge on any atom is -0.478 e. The van der Waals surface area contributed by atoms with Gasteiger partial charge in [-0.15, -0.1) is 0 Å². The molecule has 0 aromatic heterocycles. The van der Waals surface area contributed by atoms with Crippen molar-refractivity contribution in [2.45, 2.75) is 0 Å². The van der Waals surface area contributed by atoms with E-state index in [-0.39, 0.29) is 5.56 Å². The molecule has 1 heterocycles. The number of halogens is 1. The number of carboxylic acid groups (broad SMARTS) is 1. The Hall–Kier alpha value is -2.01. The van der Waals surface area contributed by atoms with Gasteiger partial charge in [-0.2, -0.15) is 0 Å². The lowest BCUT2D eigenvalue weighted by molar-refractivity contribution is 0.0697. The van der Waals surface area contributed by atoms with E-state index in [0.717, 1.165) is 34.6 Å². The summed E-state index contributed by atoms with van der Waals surface area (Å²) in [5.74, 6) is -0.917. The average molecular weight is 347 g/mol. The average Bonchev–Trinajstić information content (AvgIpc) is 2.47. The van der Waals surface area contributed by atoms with Gasteiger partial charge in [0.2, 0.25) is 0 Å². The normalized spacial score (nSPS) is 14.0. The number of hydrogen-bond acceptors (Lipinski definition) is 3. The Morgan fingerprint density at radius 2 is 1.86 bits per heavy atom. The molecule has 0 fully saturated rings. The fourth-order valence-corrected chi connectivity index (χ4v) is 3.11. The lowest BCUT2D eigenvalue weighted by Gasteiger charge is -2.37. The summed E-state index contributed by atoms with van der Waals surface area (Å²) in [6.45, 7) is 1.72. The van der Waals surface area contributed by atoms with E-state index in [9.17, 15) is 9.90 Å². The van der Waals surface area contributed by atoms with Crippen molar-refractivity contribution in [3.05, 3.63) is 52.5 Å². The zero-order chi connectivity index (χ0) is 15.0. The number of carbonyl (C=O) groups is 1. The van der Waals surface area contributed by atoms with Crippen molar-refractivity contribution in [2.24, 2.45) is 0 Å². The zero-order valence-electron chi connectivity index (χ0n) is 11.6. The van der Waals surface area contributed by atoms with Gasteiger partial charge in [-0.1, -0.05) is 28.1 Å². The summed E-state index contributed by atoms with van der Waals surface area (Å²) in [4.78, 5) is 15.6. The Kier molecular flexibility index (Phi) is 3.59. The number of likely N-dealkylation sites (N-methyl/N-ethyl adjacent to an activating group) is 1. The predicted octanol–water partition coefficient (Wildman–Crippen LogP) is 3.74. The van der Waals surface area contributed by atoms with Gasteiger partial charge >= 0.3 is 5.97 Å². The first-order chi connectivity index (χ1) is 10.1. The molecule has 0 aliphatic carbocycles. The van der Waals surface area contributed by atoms with Gasteiger partial charge < -0.3 is 14.9 Å². The van der Waals surface area contributed by atoms with Crippen LogP contribution >= 0.6 is 15.9 Å². The maximum Gasteiger partial charge on any atom is 0.335 e. The highest BCUT2D eigenvalue weighted by Gasteiger charge is 2.22. The standard InChI is InChI=1S/C16H15BrN2O2/c1-18-6-7-19(15-5-3-2-4-14(15)18)13-9-11(16(20)21)8-12(17)10-13/h2-5,8-10H,6-7H2,1H3,(H,20,21). The van der Waals surface area contributed by atoms with Gasteiger partial charge in [0.15, 0.2) is 0 Å². The number of fused-ring (bicyclic) bond motifs is 1. The Labute approximate surface area is 131 Å². The van der Waals surface area contributed by atoms with Crippen LogP contribution in [0.1, 0.15) is 10.4 Å². The molecule has 0 radical (unpaired) electrons. The SMILES string of the molecule is CN1CCN(c2cc(Br)cc(C(=O)O)c2)c2ccccc21. The Bertz CT molecular complexity index is 702. The number of rotatable bonds is 2. The lowest BCUT2D eigenvalue weighted by atomic mass is 10.1. The van der Waals surface area contributed by atoms with Crippen LogP contribution in [0.3, 0.4) is 0 Å². The van der Waals surface area contributed by atoms with Gasteiger partial charge in [-0.3, -0.25) is 0 Å². The summed E-state index contributed by atoms with van der Waals surface area (Å²) in [6.07, 6.45) is 0. The molecule has 2 aromatic rings. The molecule has 0 saturated heterocycles. The molecule has 1 aliphatic heterocycles. The number of carboxylic acids is 1. The molecule has 108 valence electrons. The molecule has 0 atom stereocenters. The third kappa shape index (κ3) is 2.61. The third-order valence-corrected chi connectivity index (χ3v) is 4.14. The molecule has 2 aromatic carbocycles. The van der Waals surface area contributed by atoms with E-state index >= 15 is 0 Å². The van der Waals surface area contributed by atoms with E-state index in [4.69, 9.17) is 0 Å². The molecule has 3 rings (SSSR count). The van der Waals surface area contributed by atoms with Crippen LogP contribution in [-0.4, -0.2) is 31.2 Å². The van der Waals surface area contributed by atoms with Crippen LogP contribution in [0, 0.1) is 0 Å². The van der Waals surface area contributed by atoms with Crippen molar-refractivity contribution in [1.29, 1.82) is 0 Å². The van der Waals surface area contributed by atoms with Gasteiger partial charge in [-0.05, 0) is 30.3 Å². The predicted molar refractivity (Wildman–Crippen MR) is 87.8 cm³/mol. The van der Waals surface area contributed by atoms with Gasteiger partial charge in [0.05, 0.1) is 16.9 Å². The summed E-state index contributed by atoms with van der Waals surface area (Å²) in [7, 11) is 2.07. The van der Waals surface area contributed by atoms with Crippen molar-refractivity contribution in [2.75, 3.05) is 29.9 Å². The number of anilines is 3. The summed E-state index contributed by atoms with van der Waals surface area (Å²) in [6, 6.07) is 13.4. The van der Waals surface area contributed by atoms with E-state index in [1.807, 2.05) is 18.2 Å². The van der Waals surface area contributed by atoms with Crippen LogP contribution in [0.15, 0.2) is 46.9 Å². The van der Waals surface area contributed by atoms with Crippen LogP contribution in [0.4, 0.5) is 17.1 Å². The minimum atomic E-state index is -0.917. The first-order valence-electron chi connectivity index (χ1n) is 6.68. The highest BCUT2D eigenvalue weighted by Crippen LogP contribution is 2.37. The fraction of sp³-hybridized carbons (Fsp3) is 0.188. The van der Waals surface area contributed by atoms with E-state index in [1.54, 1.807) is 12.1 Å². The molecular formula is C16H15BrN2O2. The molecule has 0 spiro atoms. The maximum absolute atomic E-state index is 11.2. The first kappa shape index (κ1) is 13.9. The summed E-state index contributed by atoms with van der Waals surface area (Å²) in [5, 5.41) is 9.22. The molecule has 0 saturated carbocycles. The molecule has 5 heteroatoms. The summed E-state index contributed by atoms with van der Waals surface area (Å²) >= 11 is 3.40. The largest absolute Gasteiger partial charge is 0.478 e. The molecule has 0 bridgehead atoms. The van der Waals surface area contributed by atoms with Crippen LogP contribution in [-0.2, 0) is 0 Å².